The van der Waals surface area contributed by atoms with E-state index in [4.69, 9.17) is 47.1 Å². The molecule has 220 valence electrons. The molecule has 2 saturated heterocycles. The van der Waals surface area contributed by atoms with Gasteiger partial charge in [0.15, 0.2) is 0 Å². The second-order valence-electron chi connectivity index (χ2n) is 8.79. The molecule has 0 radical (unpaired) electrons. The second kappa shape index (κ2) is 12.8. The molecular formula is C20H24Cl4N8O6S2. The molecule has 0 spiro atoms. The molecule has 2 aliphatic rings. The number of hydrogen-bond acceptors (Lipinski definition) is 12. The summed E-state index contributed by atoms with van der Waals surface area (Å²) in [6, 6.07) is 8.34. The van der Waals surface area contributed by atoms with Gasteiger partial charge in [-0.05, 0) is 82.5 Å². The van der Waals surface area contributed by atoms with Crippen LogP contribution < -0.4 is 10.9 Å². The molecule has 4 rings (SSSR count). The van der Waals surface area contributed by atoms with E-state index in [9.17, 15) is 25.9 Å². The first-order chi connectivity index (χ1) is 18.7. The number of hydrogen-bond donors (Lipinski definition) is 4. The summed E-state index contributed by atoms with van der Waals surface area (Å²) in [7, 11) is -9.38. The van der Waals surface area contributed by atoms with Gasteiger partial charge in [-0.3, -0.25) is 9.11 Å². The van der Waals surface area contributed by atoms with Gasteiger partial charge in [0.1, 0.15) is 9.79 Å². The highest BCUT2D eigenvalue weighted by molar-refractivity contribution is 7.86. The van der Waals surface area contributed by atoms with Crippen LogP contribution in [0.1, 0.15) is 11.1 Å². The highest BCUT2D eigenvalue weighted by Crippen LogP contribution is 2.27. The summed E-state index contributed by atoms with van der Waals surface area (Å²) in [5.74, 6) is 0. The fourth-order valence-electron chi connectivity index (χ4n) is 3.96. The van der Waals surface area contributed by atoms with Crippen LogP contribution in [0.15, 0.2) is 46.2 Å². The number of nitrogens with zero attached hydrogens (tertiary/aromatic N) is 6. The lowest BCUT2D eigenvalue weighted by atomic mass is 10.1. The summed E-state index contributed by atoms with van der Waals surface area (Å²) in [6.45, 7) is 1.68. The molecule has 4 N–H and O–H groups in total. The Kier molecular flexibility index (Phi) is 10.1. The van der Waals surface area contributed by atoms with E-state index in [1.807, 2.05) is 0 Å². The first-order valence-electron chi connectivity index (χ1n) is 11.2. The van der Waals surface area contributed by atoms with Crippen LogP contribution in [0.2, 0.25) is 0 Å². The third-order valence-electron chi connectivity index (χ3n) is 5.51. The van der Waals surface area contributed by atoms with Crippen molar-refractivity contribution in [3.8, 4) is 0 Å². The maximum Gasteiger partial charge on any atom is 0.295 e. The minimum absolute atomic E-state index is 0.0610. The summed E-state index contributed by atoms with van der Waals surface area (Å²) >= 11 is 24.1. The van der Waals surface area contributed by atoms with Crippen molar-refractivity contribution >= 4 is 90.9 Å². The van der Waals surface area contributed by atoms with Gasteiger partial charge in [0.05, 0.1) is 51.4 Å². The van der Waals surface area contributed by atoms with Gasteiger partial charge in [0.25, 0.3) is 20.2 Å². The van der Waals surface area contributed by atoms with Gasteiger partial charge in [-0.15, -0.1) is 0 Å². The van der Waals surface area contributed by atoms with E-state index in [1.165, 1.54) is 54.1 Å². The van der Waals surface area contributed by atoms with Gasteiger partial charge < -0.3 is 10.9 Å². The van der Waals surface area contributed by atoms with E-state index < -0.39 is 30.0 Å². The van der Waals surface area contributed by atoms with Gasteiger partial charge >= 0.3 is 0 Å². The molecule has 0 amide bonds. The van der Waals surface area contributed by atoms with E-state index in [0.29, 0.717) is 24.7 Å². The highest BCUT2D eigenvalue weighted by Gasteiger charge is 2.24. The van der Waals surface area contributed by atoms with E-state index in [0.717, 1.165) is 0 Å². The number of rotatable bonds is 8. The standard InChI is InChI=1S/C20H24Cl4N8O6S2/c21-27-9-28(22)12-31(11-27)25-17-5-3-15(19(7-17)39(33,34)35)1-2-16-4-6-18(8-20(16)40(36,37)38)26-32-13-29(23)10-30(24)14-32/h1-8,25-26H,9-14H2,(H,33,34,35)(H,36,37,38)/b2-1+. The highest BCUT2D eigenvalue weighted by atomic mass is 35.5. The first kappa shape index (κ1) is 31.5. The van der Waals surface area contributed by atoms with E-state index >= 15 is 0 Å². The van der Waals surface area contributed by atoms with Crippen molar-refractivity contribution in [2.24, 2.45) is 0 Å². The van der Waals surface area contributed by atoms with Crippen molar-refractivity contribution in [2.75, 3.05) is 50.9 Å². The number of nitrogens with one attached hydrogen (secondary N) is 2. The van der Waals surface area contributed by atoms with Crippen molar-refractivity contribution in [1.29, 1.82) is 0 Å². The summed E-state index contributed by atoms with van der Waals surface area (Å²) in [4.78, 5) is -0.881. The molecule has 2 aliphatic heterocycles. The third kappa shape index (κ3) is 8.52. The van der Waals surface area contributed by atoms with Crippen molar-refractivity contribution in [2.45, 2.75) is 9.79 Å². The van der Waals surface area contributed by atoms with Gasteiger partial charge in [-0.1, -0.05) is 24.3 Å². The number of hydrazine groups is 2. The summed E-state index contributed by atoms with van der Waals surface area (Å²) in [5.41, 5.74) is 6.69. The molecular weight excluding hydrogens is 654 g/mol. The van der Waals surface area contributed by atoms with Gasteiger partial charge in [-0.25, -0.2) is 0 Å². The van der Waals surface area contributed by atoms with Gasteiger partial charge in [-0.2, -0.15) is 44.5 Å². The Balaban J connectivity index is 1.60. The minimum atomic E-state index is -4.69. The molecule has 2 fully saturated rings. The Labute approximate surface area is 251 Å². The van der Waals surface area contributed by atoms with Crippen molar-refractivity contribution < 1.29 is 25.9 Å². The Morgan fingerprint density at radius 1 is 0.600 bits per heavy atom. The SMILES string of the molecule is O=S(=O)(O)c1cc(NN2CN(Cl)CN(Cl)C2)ccc1/C=C/c1ccc(NN2CN(Cl)CN(Cl)C2)cc1S(=O)(=O)O. The van der Waals surface area contributed by atoms with Crippen LogP contribution in [0.5, 0.6) is 0 Å². The number of benzene rings is 2. The van der Waals surface area contributed by atoms with Gasteiger partial charge in [0, 0.05) is 0 Å². The quantitative estimate of drug-likeness (QED) is 0.184. The lowest BCUT2D eigenvalue weighted by molar-refractivity contribution is 0.0884. The number of halogens is 4. The Hall–Kier alpha value is -1.48. The average molecular weight is 678 g/mol. The Morgan fingerprint density at radius 3 is 1.23 bits per heavy atom. The predicted octanol–water partition coefficient (Wildman–Crippen LogP) is 3.20. The minimum Gasteiger partial charge on any atom is -0.316 e. The molecule has 2 aromatic rings. The van der Waals surface area contributed by atoms with Crippen LogP contribution in [0.3, 0.4) is 0 Å². The van der Waals surface area contributed by atoms with E-state index in [2.05, 4.69) is 10.9 Å². The number of anilines is 2. The lowest BCUT2D eigenvalue weighted by Crippen LogP contribution is -2.50. The molecule has 40 heavy (non-hydrogen) atoms. The summed E-state index contributed by atoms with van der Waals surface area (Å²) in [6.07, 6.45) is 2.60. The summed E-state index contributed by atoms with van der Waals surface area (Å²) < 4.78 is 74.0. The largest absolute Gasteiger partial charge is 0.316 e. The normalized spacial score (nSPS) is 19.9. The van der Waals surface area contributed by atoms with Crippen LogP contribution in [0.4, 0.5) is 11.4 Å². The lowest BCUT2D eigenvalue weighted by Gasteiger charge is -2.36. The molecule has 0 unspecified atom stereocenters. The average Bonchev–Trinajstić information content (AvgIpc) is 2.81. The Morgan fingerprint density at radius 2 is 0.925 bits per heavy atom. The zero-order chi connectivity index (χ0) is 29.2. The maximum atomic E-state index is 12.2. The van der Waals surface area contributed by atoms with Gasteiger partial charge in [0.2, 0.25) is 0 Å². The van der Waals surface area contributed by atoms with Crippen LogP contribution in [0.25, 0.3) is 12.2 Å². The van der Waals surface area contributed by atoms with Crippen LogP contribution in [-0.4, -0.2) is 93.6 Å². The van der Waals surface area contributed by atoms with E-state index in [1.54, 1.807) is 22.2 Å². The van der Waals surface area contributed by atoms with Crippen LogP contribution >= 0.6 is 47.1 Å². The van der Waals surface area contributed by atoms with E-state index in [-0.39, 0.29) is 37.8 Å². The molecule has 2 heterocycles. The monoisotopic (exact) mass is 676 g/mol. The summed E-state index contributed by atoms with van der Waals surface area (Å²) in [5, 5.41) is 3.21. The molecule has 0 aliphatic carbocycles. The first-order valence-corrected chi connectivity index (χ1v) is 15.5. The third-order valence-corrected chi connectivity index (χ3v) is 8.18. The predicted molar refractivity (Wildman–Crippen MR) is 152 cm³/mol. The fraction of sp³-hybridized carbons (Fsp3) is 0.300. The Bertz CT molecular complexity index is 1360. The topological polar surface area (TPSA) is 152 Å². The molecule has 20 heteroatoms. The molecule has 0 bridgehead atoms. The smallest absolute Gasteiger partial charge is 0.295 e. The fourth-order valence-corrected chi connectivity index (χ4v) is 6.52. The van der Waals surface area contributed by atoms with Crippen LogP contribution in [0, 0.1) is 0 Å². The molecule has 0 aromatic heterocycles. The van der Waals surface area contributed by atoms with Crippen molar-refractivity contribution in [3.63, 3.8) is 0 Å². The zero-order valence-electron chi connectivity index (χ0n) is 20.4. The molecule has 0 atom stereocenters. The van der Waals surface area contributed by atoms with Crippen molar-refractivity contribution in [1.82, 2.24) is 27.7 Å². The zero-order valence-corrected chi connectivity index (χ0v) is 25.1. The van der Waals surface area contributed by atoms with Crippen molar-refractivity contribution in [3.05, 3.63) is 47.5 Å². The molecule has 2 aromatic carbocycles. The van der Waals surface area contributed by atoms with Crippen LogP contribution in [-0.2, 0) is 20.2 Å². The second-order valence-corrected chi connectivity index (χ2v) is 13.5. The molecule has 0 saturated carbocycles. The molecule has 14 nitrogen and oxygen atoms in total. The maximum absolute atomic E-state index is 12.2.